The minimum Gasteiger partial charge on any atom is -0.454 e. The van der Waals surface area contributed by atoms with E-state index in [-0.39, 0.29) is 12.7 Å². The first-order valence-corrected chi connectivity index (χ1v) is 9.53. The number of nitrogens with zero attached hydrogens (tertiary/aromatic N) is 2. The molecule has 2 aliphatic heterocycles. The van der Waals surface area contributed by atoms with Crippen molar-refractivity contribution in [2.24, 2.45) is 5.92 Å². The van der Waals surface area contributed by atoms with Gasteiger partial charge in [-0.15, -0.1) is 0 Å². The average molecular weight is 367 g/mol. The lowest BCUT2D eigenvalue weighted by Crippen LogP contribution is -2.41. The molecule has 6 heteroatoms. The molecule has 3 heterocycles. The number of nitrogens with one attached hydrogen (secondary N) is 1. The van der Waals surface area contributed by atoms with Crippen molar-refractivity contribution >= 4 is 5.91 Å². The fourth-order valence-corrected chi connectivity index (χ4v) is 3.71. The van der Waals surface area contributed by atoms with Crippen LogP contribution in [0.4, 0.5) is 0 Å². The molecule has 0 aliphatic carbocycles. The second-order valence-electron chi connectivity index (χ2n) is 7.25. The molecule has 1 saturated heterocycles. The summed E-state index contributed by atoms with van der Waals surface area (Å²) < 4.78 is 10.7. The van der Waals surface area contributed by atoms with Crippen molar-refractivity contribution in [1.82, 2.24) is 15.2 Å². The number of likely N-dealkylation sites (tertiary alicyclic amines) is 1. The maximum Gasteiger partial charge on any atom is 0.234 e. The molecule has 0 spiro atoms. The lowest BCUT2D eigenvalue weighted by molar-refractivity contribution is -0.122. The van der Waals surface area contributed by atoms with Crippen LogP contribution in [-0.2, 0) is 17.8 Å². The van der Waals surface area contributed by atoms with E-state index in [0.29, 0.717) is 19.0 Å². The van der Waals surface area contributed by atoms with Crippen LogP contribution in [0.5, 0.6) is 11.5 Å². The van der Waals surface area contributed by atoms with Crippen LogP contribution in [0.25, 0.3) is 0 Å². The quantitative estimate of drug-likeness (QED) is 0.849. The van der Waals surface area contributed by atoms with E-state index < -0.39 is 0 Å². The Morgan fingerprint density at radius 3 is 2.81 bits per heavy atom. The summed E-state index contributed by atoms with van der Waals surface area (Å²) in [5.41, 5.74) is 2.32. The fraction of sp³-hybridized carbons (Fsp3) is 0.429. The summed E-state index contributed by atoms with van der Waals surface area (Å²) in [6, 6.07) is 9.90. The predicted molar refractivity (Wildman–Crippen MR) is 102 cm³/mol. The Kier molecular flexibility index (Phi) is 5.53. The van der Waals surface area contributed by atoms with Crippen LogP contribution >= 0.6 is 0 Å². The number of benzene rings is 1. The van der Waals surface area contributed by atoms with Crippen LogP contribution in [0.2, 0.25) is 0 Å². The molecule has 0 unspecified atom stereocenters. The highest BCUT2D eigenvalue weighted by Crippen LogP contribution is 2.32. The average Bonchev–Trinajstić information content (AvgIpc) is 3.17. The lowest BCUT2D eigenvalue weighted by Gasteiger charge is -2.31. The minimum atomic E-state index is 0.0679. The first-order chi connectivity index (χ1) is 13.3. The van der Waals surface area contributed by atoms with E-state index in [9.17, 15) is 4.79 Å². The first-order valence-electron chi connectivity index (χ1n) is 9.53. The molecular weight excluding hydrogens is 342 g/mol. The molecule has 142 valence electrons. The van der Waals surface area contributed by atoms with E-state index in [1.54, 1.807) is 0 Å². The number of pyridine rings is 1. The SMILES string of the molecule is O=C(CN1CCC(Cc2cccnc2)CC1)NCc1ccc2c(c1)OCO2. The molecule has 4 rings (SSSR count). The van der Waals surface area contributed by atoms with Crippen molar-refractivity contribution < 1.29 is 14.3 Å². The number of fused-ring (bicyclic) bond motifs is 1. The smallest absolute Gasteiger partial charge is 0.234 e. The van der Waals surface area contributed by atoms with Crippen LogP contribution < -0.4 is 14.8 Å². The molecular formula is C21H25N3O3. The number of ether oxygens (including phenoxy) is 2. The molecule has 1 fully saturated rings. The highest BCUT2D eigenvalue weighted by atomic mass is 16.7. The van der Waals surface area contributed by atoms with Gasteiger partial charge in [-0.1, -0.05) is 12.1 Å². The van der Waals surface area contributed by atoms with E-state index in [0.717, 1.165) is 49.4 Å². The number of piperidine rings is 1. The van der Waals surface area contributed by atoms with Crippen LogP contribution in [-0.4, -0.2) is 42.2 Å². The molecule has 1 N–H and O–H groups in total. The lowest BCUT2D eigenvalue weighted by atomic mass is 9.91. The highest BCUT2D eigenvalue weighted by molar-refractivity contribution is 5.78. The molecule has 6 nitrogen and oxygen atoms in total. The maximum absolute atomic E-state index is 12.3. The summed E-state index contributed by atoms with van der Waals surface area (Å²) in [6.45, 7) is 3.18. The molecule has 0 bridgehead atoms. The van der Waals surface area contributed by atoms with Gasteiger partial charge in [-0.3, -0.25) is 14.7 Å². The Morgan fingerprint density at radius 1 is 1.15 bits per heavy atom. The zero-order chi connectivity index (χ0) is 18.5. The summed E-state index contributed by atoms with van der Waals surface area (Å²) in [5.74, 6) is 2.26. The largest absolute Gasteiger partial charge is 0.454 e. The number of hydrogen-bond acceptors (Lipinski definition) is 5. The van der Waals surface area contributed by atoms with Gasteiger partial charge in [0.15, 0.2) is 11.5 Å². The van der Waals surface area contributed by atoms with E-state index in [1.807, 2.05) is 36.7 Å². The van der Waals surface area contributed by atoms with Crippen LogP contribution in [0.15, 0.2) is 42.7 Å². The summed E-state index contributed by atoms with van der Waals surface area (Å²) in [6.07, 6.45) is 7.11. The monoisotopic (exact) mass is 367 g/mol. The number of amides is 1. The van der Waals surface area contributed by atoms with E-state index >= 15 is 0 Å². The molecule has 0 atom stereocenters. The molecule has 1 amide bonds. The van der Waals surface area contributed by atoms with Crippen molar-refractivity contribution in [2.75, 3.05) is 26.4 Å². The van der Waals surface area contributed by atoms with E-state index in [4.69, 9.17) is 9.47 Å². The van der Waals surface area contributed by atoms with Gasteiger partial charge in [-0.05, 0) is 67.6 Å². The Labute approximate surface area is 159 Å². The topological polar surface area (TPSA) is 63.7 Å². The van der Waals surface area contributed by atoms with Gasteiger partial charge in [0.05, 0.1) is 6.54 Å². The molecule has 1 aromatic heterocycles. The minimum absolute atomic E-state index is 0.0679. The summed E-state index contributed by atoms with van der Waals surface area (Å²) in [4.78, 5) is 18.7. The third-order valence-electron chi connectivity index (χ3n) is 5.25. The van der Waals surface area contributed by atoms with Crippen LogP contribution in [0.1, 0.15) is 24.0 Å². The Morgan fingerprint density at radius 2 is 2.00 bits per heavy atom. The Balaban J connectivity index is 1.18. The van der Waals surface area contributed by atoms with E-state index in [1.165, 1.54) is 5.56 Å². The summed E-state index contributed by atoms with van der Waals surface area (Å²) >= 11 is 0. The predicted octanol–water partition coefficient (Wildman–Crippen LogP) is 2.38. The van der Waals surface area contributed by atoms with Crippen LogP contribution in [0, 0.1) is 5.92 Å². The van der Waals surface area contributed by atoms with Crippen molar-refractivity contribution in [2.45, 2.75) is 25.8 Å². The van der Waals surface area contributed by atoms with Gasteiger partial charge in [0.25, 0.3) is 0 Å². The Hall–Kier alpha value is -2.60. The van der Waals surface area contributed by atoms with E-state index in [2.05, 4.69) is 21.3 Å². The van der Waals surface area contributed by atoms with Crippen molar-refractivity contribution in [3.63, 3.8) is 0 Å². The third-order valence-corrected chi connectivity index (χ3v) is 5.25. The third kappa shape index (κ3) is 4.77. The molecule has 1 aromatic carbocycles. The first kappa shape index (κ1) is 17.8. The van der Waals surface area contributed by atoms with Gasteiger partial charge in [0.1, 0.15) is 0 Å². The molecule has 0 saturated carbocycles. The van der Waals surface area contributed by atoms with Gasteiger partial charge in [-0.25, -0.2) is 0 Å². The fourth-order valence-electron chi connectivity index (χ4n) is 3.71. The zero-order valence-corrected chi connectivity index (χ0v) is 15.4. The van der Waals surface area contributed by atoms with Crippen LogP contribution in [0.3, 0.4) is 0 Å². The van der Waals surface area contributed by atoms with Gasteiger partial charge >= 0.3 is 0 Å². The van der Waals surface area contributed by atoms with Gasteiger partial charge < -0.3 is 14.8 Å². The number of carbonyl (C=O) groups excluding carboxylic acids is 1. The van der Waals surface area contributed by atoms with Gasteiger partial charge in [0.2, 0.25) is 12.7 Å². The highest BCUT2D eigenvalue weighted by Gasteiger charge is 2.21. The molecule has 2 aliphatic rings. The van der Waals surface area contributed by atoms with Crippen molar-refractivity contribution in [3.8, 4) is 11.5 Å². The number of rotatable bonds is 6. The summed E-state index contributed by atoms with van der Waals surface area (Å²) in [5, 5.41) is 3.00. The molecule has 2 aromatic rings. The standard InChI is InChI=1S/C21H25N3O3/c25-21(23-13-18-3-4-19-20(11-18)27-15-26-19)14-24-8-5-16(6-9-24)10-17-2-1-7-22-12-17/h1-4,7,11-12,16H,5-6,8-10,13-15H2,(H,23,25). The molecule has 0 radical (unpaired) electrons. The normalized spacial score (nSPS) is 17.0. The second kappa shape index (κ2) is 8.39. The maximum atomic E-state index is 12.3. The number of hydrogen-bond donors (Lipinski definition) is 1. The second-order valence-corrected chi connectivity index (χ2v) is 7.25. The van der Waals surface area contributed by atoms with Crippen molar-refractivity contribution in [3.05, 3.63) is 53.9 Å². The summed E-state index contributed by atoms with van der Waals surface area (Å²) in [7, 11) is 0. The zero-order valence-electron chi connectivity index (χ0n) is 15.4. The van der Waals surface area contributed by atoms with Gasteiger partial charge in [0, 0.05) is 18.9 Å². The van der Waals surface area contributed by atoms with Gasteiger partial charge in [-0.2, -0.15) is 0 Å². The molecule has 27 heavy (non-hydrogen) atoms. The number of aromatic nitrogens is 1. The van der Waals surface area contributed by atoms with Crippen molar-refractivity contribution in [1.29, 1.82) is 0 Å². The number of carbonyl (C=O) groups is 1. The Bertz CT molecular complexity index is 773.